The Balaban J connectivity index is 1.38. The number of hydrogen-bond donors (Lipinski definition) is 1. The van der Waals surface area contributed by atoms with Gasteiger partial charge in [-0.2, -0.15) is 0 Å². The van der Waals surface area contributed by atoms with Crippen LogP contribution < -0.4 is 5.84 Å². The maximum atomic E-state index is 7.09. The molecule has 0 aliphatic carbocycles. The molecule has 1 heterocycles. The van der Waals surface area contributed by atoms with Crippen molar-refractivity contribution < 1.29 is 0 Å². The topological polar surface area (TPSA) is 30.9 Å². The van der Waals surface area contributed by atoms with Gasteiger partial charge in [-0.25, -0.2) is 0 Å². The number of aryl methyl sites for hydroxylation is 2. The molecule has 50 heavy (non-hydrogen) atoms. The molecule has 0 spiro atoms. The van der Waals surface area contributed by atoms with Crippen LogP contribution in [0.5, 0.6) is 0 Å². The van der Waals surface area contributed by atoms with Crippen LogP contribution in [-0.2, 0) is 12.8 Å². The molecule has 2 heteroatoms. The number of aromatic nitrogens is 1. The van der Waals surface area contributed by atoms with Crippen molar-refractivity contribution in [1.82, 2.24) is 4.68 Å². The molecule has 5 aromatic rings. The normalized spacial score (nSPS) is 11.6. The predicted octanol–water partition coefficient (Wildman–Crippen LogP) is 14.8. The fraction of sp³-hybridized carbons (Fsp3) is 0.500. The first kappa shape index (κ1) is 37.7. The van der Waals surface area contributed by atoms with Gasteiger partial charge >= 0.3 is 0 Å². The Morgan fingerprint density at radius 1 is 0.440 bits per heavy atom. The summed E-state index contributed by atoms with van der Waals surface area (Å²) in [5.74, 6) is 7.09. The molecule has 0 bridgehead atoms. The van der Waals surface area contributed by atoms with Crippen LogP contribution in [0.25, 0.3) is 44.1 Å². The first-order chi connectivity index (χ1) is 24.7. The lowest BCUT2D eigenvalue weighted by Crippen LogP contribution is -2.09. The van der Waals surface area contributed by atoms with Gasteiger partial charge in [-0.3, -0.25) is 4.68 Å². The molecule has 0 aliphatic heterocycles. The second kappa shape index (κ2) is 21.0. The van der Waals surface area contributed by atoms with Crippen molar-refractivity contribution in [2.24, 2.45) is 0 Å². The summed E-state index contributed by atoms with van der Waals surface area (Å²) in [5.41, 5.74) is 10.3. The van der Waals surface area contributed by atoms with Crippen molar-refractivity contribution in [3.63, 3.8) is 0 Å². The average Bonchev–Trinajstić information content (AvgIpc) is 3.43. The van der Waals surface area contributed by atoms with Gasteiger partial charge in [0.25, 0.3) is 0 Å². The van der Waals surface area contributed by atoms with E-state index < -0.39 is 0 Å². The van der Waals surface area contributed by atoms with E-state index in [0.29, 0.717) is 0 Å². The summed E-state index contributed by atoms with van der Waals surface area (Å²) in [5, 5.41) is 2.60. The Labute approximate surface area is 304 Å². The molecule has 0 fully saturated rings. The monoisotopic (exact) mass is 671 g/mol. The van der Waals surface area contributed by atoms with E-state index in [1.165, 1.54) is 173 Å². The highest BCUT2D eigenvalue weighted by Crippen LogP contribution is 2.44. The third-order valence-corrected chi connectivity index (χ3v) is 11.0. The first-order valence-corrected chi connectivity index (χ1v) is 20.7. The van der Waals surface area contributed by atoms with Crippen LogP contribution in [-0.4, -0.2) is 4.68 Å². The van der Waals surface area contributed by atoms with Gasteiger partial charge in [0, 0.05) is 16.3 Å². The SMILES string of the molecule is CCCCCCCCCCCCc1ccc2c(c1)c1cc(CCCCCCCCCCCC)c(-c3ccccc3)c(-c3ccccc3)c1n2N. The molecule has 1 aromatic heterocycles. The van der Waals surface area contributed by atoms with Crippen LogP contribution in [0.3, 0.4) is 0 Å². The van der Waals surface area contributed by atoms with E-state index in [2.05, 4.69) is 98.8 Å². The Bertz CT molecular complexity index is 1680. The smallest absolute Gasteiger partial charge is 0.0788 e. The molecular formula is C48H66N2. The molecule has 0 unspecified atom stereocenters. The number of nitrogens with zero attached hydrogens (tertiary/aromatic N) is 1. The molecule has 0 saturated carbocycles. The molecule has 0 amide bonds. The number of fused-ring (bicyclic) bond motifs is 3. The highest BCUT2D eigenvalue weighted by Gasteiger charge is 2.22. The Morgan fingerprint density at radius 2 is 0.900 bits per heavy atom. The number of benzene rings is 4. The van der Waals surface area contributed by atoms with Crippen molar-refractivity contribution in [2.75, 3.05) is 5.84 Å². The minimum absolute atomic E-state index is 1.09. The van der Waals surface area contributed by atoms with E-state index in [1.807, 2.05) is 4.68 Å². The Morgan fingerprint density at radius 3 is 1.42 bits per heavy atom. The maximum absolute atomic E-state index is 7.09. The second-order valence-electron chi connectivity index (χ2n) is 15.0. The molecule has 0 atom stereocenters. The van der Waals surface area contributed by atoms with Gasteiger partial charge in [-0.05, 0) is 71.7 Å². The zero-order chi connectivity index (χ0) is 34.8. The van der Waals surface area contributed by atoms with Gasteiger partial charge < -0.3 is 5.84 Å². The summed E-state index contributed by atoms with van der Waals surface area (Å²) >= 11 is 0. The minimum Gasteiger partial charge on any atom is -0.339 e. The minimum atomic E-state index is 1.09. The quantitative estimate of drug-likeness (QED) is 0.0514. The number of unbranched alkanes of at least 4 members (excludes halogenated alkanes) is 18. The summed E-state index contributed by atoms with van der Waals surface area (Å²) in [4.78, 5) is 0. The third-order valence-electron chi connectivity index (χ3n) is 11.0. The van der Waals surface area contributed by atoms with E-state index in [0.717, 1.165) is 23.9 Å². The van der Waals surface area contributed by atoms with Gasteiger partial charge in [0.2, 0.25) is 0 Å². The van der Waals surface area contributed by atoms with Crippen molar-refractivity contribution in [3.05, 3.63) is 96.1 Å². The Hall–Kier alpha value is -3.52. The molecule has 5 rings (SSSR count). The van der Waals surface area contributed by atoms with Gasteiger partial charge in [0.15, 0.2) is 0 Å². The van der Waals surface area contributed by atoms with Crippen LogP contribution in [0.1, 0.15) is 153 Å². The average molecular weight is 671 g/mol. The molecular weight excluding hydrogens is 605 g/mol. The highest BCUT2D eigenvalue weighted by atomic mass is 15.3. The van der Waals surface area contributed by atoms with E-state index in [1.54, 1.807) is 0 Å². The Kier molecular flexibility index (Phi) is 15.8. The summed E-state index contributed by atoms with van der Waals surface area (Å²) in [7, 11) is 0. The van der Waals surface area contributed by atoms with Crippen LogP contribution >= 0.6 is 0 Å². The molecule has 0 saturated heterocycles. The zero-order valence-corrected chi connectivity index (χ0v) is 31.7. The van der Waals surface area contributed by atoms with E-state index in [-0.39, 0.29) is 0 Å². The first-order valence-electron chi connectivity index (χ1n) is 20.7. The van der Waals surface area contributed by atoms with E-state index >= 15 is 0 Å². The molecule has 0 radical (unpaired) electrons. The summed E-state index contributed by atoms with van der Waals surface area (Å²) in [6.45, 7) is 4.60. The fourth-order valence-corrected chi connectivity index (χ4v) is 8.11. The van der Waals surface area contributed by atoms with Gasteiger partial charge in [0.1, 0.15) is 0 Å². The fourth-order valence-electron chi connectivity index (χ4n) is 8.11. The number of hydrogen-bond acceptors (Lipinski definition) is 1. The van der Waals surface area contributed by atoms with E-state index in [4.69, 9.17) is 5.84 Å². The lowest BCUT2D eigenvalue weighted by atomic mass is 9.86. The zero-order valence-electron chi connectivity index (χ0n) is 31.7. The van der Waals surface area contributed by atoms with Gasteiger partial charge in [-0.1, -0.05) is 196 Å². The molecule has 0 aliphatic rings. The number of nitrogen functional groups attached to an aromatic ring is 1. The van der Waals surface area contributed by atoms with Crippen LogP contribution in [0.2, 0.25) is 0 Å². The van der Waals surface area contributed by atoms with E-state index in [9.17, 15) is 0 Å². The molecule has 268 valence electrons. The van der Waals surface area contributed by atoms with Crippen LogP contribution in [0.15, 0.2) is 84.9 Å². The highest BCUT2D eigenvalue weighted by molar-refractivity contribution is 6.16. The summed E-state index contributed by atoms with van der Waals surface area (Å²) < 4.78 is 1.98. The third kappa shape index (κ3) is 10.5. The van der Waals surface area contributed by atoms with Crippen molar-refractivity contribution in [1.29, 1.82) is 0 Å². The molecule has 2 nitrogen and oxygen atoms in total. The molecule has 2 N–H and O–H groups in total. The largest absolute Gasteiger partial charge is 0.339 e. The van der Waals surface area contributed by atoms with Crippen molar-refractivity contribution in [3.8, 4) is 22.3 Å². The standard InChI is InChI=1S/C48H66N2/c1-3-5-7-9-11-13-15-17-19-23-29-39-35-36-45-43(37-39)44-38-42(34-24-20-18-16-14-12-10-8-6-4-2)46(40-30-25-21-26-31-40)47(48(44)50(45)49)41-32-27-22-28-33-41/h21-22,25-28,30-33,35-38H,3-20,23-24,29,34,49H2,1-2H3. The second-order valence-corrected chi connectivity index (χ2v) is 15.0. The van der Waals surface area contributed by atoms with Gasteiger partial charge in [-0.15, -0.1) is 0 Å². The predicted molar refractivity (Wildman–Crippen MR) is 222 cm³/mol. The number of rotatable bonds is 24. The van der Waals surface area contributed by atoms with Gasteiger partial charge in [0.05, 0.1) is 11.0 Å². The summed E-state index contributed by atoms with van der Waals surface area (Å²) in [6.07, 6.45) is 29.5. The number of nitrogens with two attached hydrogens (primary N) is 1. The van der Waals surface area contributed by atoms with Crippen LogP contribution in [0, 0.1) is 0 Å². The van der Waals surface area contributed by atoms with Crippen LogP contribution in [0.4, 0.5) is 0 Å². The van der Waals surface area contributed by atoms with Crippen molar-refractivity contribution >= 4 is 21.8 Å². The maximum Gasteiger partial charge on any atom is 0.0788 e. The van der Waals surface area contributed by atoms with Crippen molar-refractivity contribution in [2.45, 2.75) is 155 Å². The lowest BCUT2D eigenvalue weighted by molar-refractivity contribution is 0.556. The molecule has 4 aromatic carbocycles. The summed E-state index contributed by atoms with van der Waals surface area (Å²) in [6, 6.07) is 31.6. The lowest BCUT2D eigenvalue weighted by Gasteiger charge is -2.19.